The van der Waals surface area contributed by atoms with Crippen LogP contribution in [0.25, 0.3) is 0 Å². The van der Waals surface area contributed by atoms with Gasteiger partial charge in [0, 0.05) is 16.9 Å². The van der Waals surface area contributed by atoms with E-state index in [0.29, 0.717) is 5.56 Å². The number of carbonyl (C=O) groups is 1. The average Bonchev–Trinajstić information content (AvgIpc) is 2.42. The molecule has 2 aromatic rings. The fraction of sp³-hybridized carbons (Fsp3) is 0.0769. The van der Waals surface area contributed by atoms with Crippen molar-refractivity contribution in [2.75, 3.05) is 0 Å². The van der Waals surface area contributed by atoms with Crippen molar-refractivity contribution in [3.63, 3.8) is 0 Å². The summed E-state index contributed by atoms with van der Waals surface area (Å²) in [4.78, 5) is 19.9. The van der Waals surface area contributed by atoms with Gasteiger partial charge in [-0.2, -0.15) is 5.26 Å². The summed E-state index contributed by atoms with van der Waals surface area (Å²) in [5.74, 6) is -1.24. The number of rotatable bonds is 3. The highest BCUT2D eigenvalue weighted by Gasteiger charge is 2.25. The quantitative estimate of drug-likeness (QED) is 0.818. The number of Topliss-reactive ketones (excluding diaryl/α,β-unsaturated/α-hetero) is 1. The molecule has 1 atom stereocenters. The lowest BCUT2D eigenvalue weighted by Gasteiger charge is -2.09. The van der Waals surface area contributed by atoms with Crippen LogP contribution < -0.4 is 0 Å². The Labute approximate surface area is 112 Å². The highest BCUT2D eigenvalue weighted by Crippen LogP contribution is 2.26. The number of nitriles is 1. The Balaban J connectivity index is 2.40. The number of hydrogen-bond acceptors (Lipinski definition) is 4. The molecule has 0 N–H and O–H groups in total. The summed E-state index contributed by atoms with van der Waals surface area (Å²) in [6.07, 6.45) is 2.96. The summed E-state index contributed by atoms with van der Waals surface area (Å²) >= 11 is 3.33. The molecule has 0 aliphatic carbocycles. The van der Waals surface area contributed by atoms with Crippen molar-refractivity contribution in [3.05, 3.63) is 58.6 Å². The highest BCUT2D eigenvalue weighted by molar-refractivity contribution is 9.10. The third-order valence-corrected chi connectivity index (χ3v) is 3.12. The van der Waals surface area contributed by atoms with Crippen molar-refractivity contribution in [1.29, 1.82) is 5.26 Å². The molecule has 0 fully saturated rings. The first-order valence-electron chi connectivity index (χ1n) is 5.19. The van der Waals surface area contributed by atoms with Crippen LogP contribution in [0.3, 0.4) is 0 Å². The van der Waals surface area contributed by atoms with E-state index in [1.165, 1.54) is 12.4 Å². The van der Waals surface area contributed by atoms with Gasteiger partial charge >= 0.3 is 0 Å². The Morgan fingerprint density at radius 2 is 1.89 bits per heavy atom. The number of benzene rings is 1. The number of halogens is 1. The van der Waals surface area contributed by atoms with Gasteiger partial charge in [0.05, 0.1) is 6.07 Å². The molecule has 88 valence electrons. The molecule has 5 heteroatoms. The Kier molecular flexibility index (Phi) is 3.80. The summed E-state index contributed by atoms with van der Waals surface area (Å²) in [6, 6.07) is 10.8. The molecule has 2 rings (SSSR count). The molecule has 4 nitrogen and oxygen atoms in total. The maximum absolute atomic E-state index is 12.2. The zero-order valence-electron chi connectivity index (χ0n) is 9.25. The molecule has 1 unspecified atom stereocenters. The van der Waals surface area contributed by atoms with E-state index in [-0.39, 0.29) is 5.82 Å². The molecule has 0 aliphatic heterocycles. The highest BCUT2D eigenvalue weighted by atomic mass is 79.9. The molecule has 0 saturated heterocycles. The smallest absolute Gasteiger partial charge is 0.221 e. The van der Waals surface area contributed by atoms with Crippen molar-refractivity contribution in [2.24, 2.45) is 0 Å². The SMILES string of the molecule is N#CC(C(=O)c1ncccn1)c1ccccc1Br. The molecule has 1 heterocycles. The normalized spacial score (nSPS) is 11.6. The molecule has 0 saturated carbocycles. The Morgan fingerprint density at radius 3 is 2.50 bits per heavy atom. The van der Waals surface area contributed by atoms with Gasteiger partial charge in [-0.3, -0.25) is 4.79 Å². The van der Waals surface area contributed by atoms with E-state index in [0.717, 1.165) is 4.47 Å². The number of hydrogen-bond donors (Lipinski definition) is 0. The van der Waals surface area contributed by atoms with Crippen LogP contribution in [0.1, 0.15) is 22.1 Å². The lowest BCUT2D eigenvalue weighted by atomic mass is 9.96. The van der Waals surface area contributed by atoms with E-state index in [2.05, 4.69) is 25.9 Å². The minimum Gasteiger partial charge on any atom is -0.289 e. The van der Waals surface area contributed by atoms with Gasteiger partial charge in [-0.05, 0) is 17.7 Å². The minimum atomic E-state index is -0.900. The first kappa shape index (κ1) is 12.4. The molecule has 0 radical (unpaired) electrons. The standard InChI is InChI=1S/C13H8BrN3O/c14-11-5-2-1-4-9(11)10(8-15)12(18)13-16-6-3-7-17-13/h1-7,10H. The first-order chi connectivity index (χ1) is 8.74. The van der Waals surface area contributed by atoms with Crippen molar-refractivity contribution < 1.29 is 4.79 Å². The number of aromatic nitrogens is 2. The lowest BCUT2D eigenvalue weighted by molar-refractivity contribution is 0.0968. The van der Waals surface area contributed by atoms with E-state index in [9.17, 15) is 10.1 Å². The number of carbonyl (C=O) groups excluding carboxylic acids is 1. The molecular weight excluding hydrogens is 294 g/mol. The van der Waals surface area contributed by atoms with Crippen molar-refractivity contribution in [3.8, 4) is 6.07 Å². The van der Waals surface area contributed by atoms with Gasteiger partial charge in [-0.1, -0.05) is 34.1 Å². The second-order valence-electron chi connectivity index (χ2n) is 3.52. The summed E-state index contributed by atoms with van der Waals surface area (Å²) in [7, 11) is 0. The van der Waals surface area contributed by atoms with Gasteiger partial charge in [-0.25, -0.2) is 9.97 Å². The molecule has 0 amide bonds. The van der Waals surface area contributed by atoms with E-state index < -0.39 is 11.7 Å². The van der Waals surface area contributed by atoms with Crippen LogP contribution in [0, 0.1) is 11.3 Å². The van der Waals surface area contributed by atoms with Crippen molar-refractivity contribution in [2.45, 2.75) is 5.92 Å². The Bertz CT molecular complexity index is 607. The second-order valence-corrected chi connectivity index (χ2v) is 4.37. The fourth-order valence-electron chi connectivity index (χ4n) is 1.53. The molecule has 0 spiro atoms. The molecule has 18 heavy (non-hydrogen) atoms. The van der Waals surface area contributed by atoms with Crippen LogP contribution in [0.4, 0.5) is 0 Å². The van der Waals surface area contributed by atoms with Crippen LogP contribution >= 0.6 is 15.9 Å². The topological polar surface area (TPSA) is 66.6 Å². The maximum atomic E-state index is 12.2. The maximum Gasteiger partial charge on any atom is 0.221 e. The summed E-state index contributed by atoms with van der Waals surface area (Å²) in [5.41, 5.74) is 0.623. The van der Waals surface area contributed by atoms with Crippen LogP contribution in [-0.4, -0.2) is 15.8 Å². The van der Waals surface area contributed by atoms with Crippen LogP contribution in [-0.2, 0) is 0 Å². The van der Waals surface area contributed by atoms with E-state index in [1.54, 1.807) is 24.3 Å². The zero-order chi connectivity index (χ0) is 13.0. The fourth-order valence-corrected chi connectivity index (χ4v) is 2.05. The third-order valence-electron chi connectivity index (χ3n) is 2.39. The van der Waals surface area contributed by atoms with E-state index in [1.807, 2.05) is 12.1 Å². The van der Waals surface area contributed by atoms with Gasteiger partial charge < -0.3 is 0 Å². The van der Waals surface area contributed by atoms with E-state index in [4.69, 9.17) is 0 Å². The first-order valence-corrected chi connectivity index (χ1v) is 5.98. The van der Waals surface area contributed by atoms with Crippen LogP contribution in [0.15, 0.2) is 47.2 Å². The lowest BCUT2D eigenvalue weighted by Crippen LogP contribution is -2.14. The minimum absolute atomic E-state index is 0.0554. The van der Waals surface area contributed by atoms with Gasteiger partial charge in [0.1, 0.15) is 5.92 Å². The van der Waals surface area contributed by atoms with Crippen molar-refractivity contribution in [1.82, 2.24) is 9.97 Å². The Hall–Kier alpha value is -2.06. The average molecular weight is 302 g/mol. The molecule has 0 bridgehead atoms. The van der Waals surface area contributed by atoms with Gasteiger partial charge in [0.15, 0.2) is 5.82 Å². The monoisotopic (exact) mass is 301 g/mol. The van der Waals surface area contributed by atoms with Gasteiger partial charge in [0.25, 0.3) is 0 Å². The molecular formula is C13H8BrN3O. The largest absolute Gasteiger partial charge is 0.289 e. The number of nitrogens with zero attached hydrogens (tertiary/aromatic N) is 3. The van der Waals surface area contributed by atoms with Crippen LogP contribution in [0.2, 0.25) is 0 Å². The molecule has 1 aromatic heterocycles. The number of ketones is 1. The van der Waals surface area contributed by atoms with Crippen LogP contribution in [0.5, 0.6) is 0 Å². The predicted molar refractivity (Wildman–Crippen MR) is 68.9 cm³/mol. The van der Waals surface area contributed by atoms with E-state index >= 15 is 0 Å². The van der Waals surface area contributed by atoms with Crippen molar-refractivity contribution >= 4 is 21.7 Å². The summed E-state index contributed by atoms with van der Waals surface area (Å²) in [6.45, 7) is 0. The molecule has 1 aromatic carbocycles. The van der Waals surface area contributed by atoms with Gasteiger partial charge in [-0.15, -0.1) is 0 Å². The predicted octanol–water partition coefficient (Wildman–Crippen LogP) is 2.73. The summed E-state index contributed by atoms with van der Waals surface area (Å²) in [5, 5.41) is 9.19. The molecule has 0 aliphatic rings. The summed E-state index contributed by atoms with van der Waals surface area (Å²) < 4.78 is 0.723. The van der Waals surface area contributed by atoms with Gasteiger partial charge in [0.2, 0.25) is 5.78 Å². The Morgan fingerprint density at radius 1 is 1.22 bits per heavy atom. The zero-order valence-corrected chi connectivity index (χ0v) is 10.8. The second kappa shape index (κ2) is 5.52. The third kappa shape index (κ3) is 2.44.